The summed E-state index contributed by atoms with van der Waals surface area (Å²) in [5.41, 5.74) is 3.31. The minimum Gasteiger partial charge on any atom is -0.374 e. The number of amidine groups is 1. The number of hydrogen-bond donors (Lipinski definition) is 1. The summed E-state index contributed by atoms with van der Waals surface area (Å²) >= 11 is 0. The topological polar surface area (TPSA) is 89.6 Å². The van der Waals surface area contributed by atoms with Crippen molar-refractivity contribution in [3.05, 3.63) is 52.3 Å². The average Bonchev–Trinajstić information content (AvgIpc) is 2.95. The zero-order valence-corrected chi connectivity index (χ0v) is 14.9. The van der Waals surface area contributed by atoms with Crippen molar-refractivity contribution >= 4 is 23.0 Å². The molecule has 26 heavy (non-hydrogen) atoms. The van der Waals surface area contributed by atoms with E-state index in [2.05, 4.69) is 9.98 Å². The molecule has 1 atom stereocenters. The van der Waals surface area contributed by atoms with Gasteiger partial charge in [-0.2, -0.15) is 5.26 Å². The number of benzene rings is 1. The molecule has 0 radical (unpaired) electrons. The summed E-state index contributed by atoms with van der Waals surface area (Å²) in [7, 11) is 0. The number of carbonyl (C=O) groups is 1. The minimum atomic E-state index is -1.61. The van der Waals surface area contributed by atoms with Crippen LogP contribution in [-0.4, -0.2) is 33.9 Å². The molecule has 0 aliphatic carbocycles. The number of aliphatic imine (C=N–C) groups is 1. The number of carbonyl (C=O) groups excluding carboxylic acids is 1. The lowest BCUT2D eigenvalue weighted by molar-refractivity contribution is 0.0602. The molecule has 3 heterocycles. The van der Waals surface area contributed by atoms with Crippen LogP contribution in [-0.2, 0) is 0 Å². The van der Waals surface area contributed by atoms with E-state index in [1.54, 1.807) is 12.3 Å². The largest absolute Gasteiger partial charge is 0.374 e. The Balaban J connectivity index is 1.86. The molecular weight excluding hydrogens is 328 g/mol. The molecule has 0 bridgehead atoms. The lowest BCUT2D eigenvalue weighted by atomic mass is 9.86. The van der Waals surface area contributed by atoms with Gasteiger partial charge in [-0.3, -0.25) is 4.79 Å². The van der Waals surface area contributed by atoms with Crippen molar-refractivity contribution in [2.75, 3.05) is 11.4 Å². The first-order valence-corrected chi connectivity index (χ1v) is 8.47. The van der Waals surface area contributed by atoms with Crippen molar-refractivity contribution in [1.29, 1.82) is 5.26 Å². The Hall–Kier alpha value is -3.04. The predicted octanol–water partition coefficient (Wildman–Crippen LogP) is 2.75. The van der Waals surface area contributed by atoms with E-state index in [-0.39, 0.29) is 12.2 Å². The lowest BCUT2D eigenvalue weighted by Crippen LogP contribution is -2.48. The molecule has 0 spiro atoms. The first-order chi connectivity index (χ1) is 12.3. The van der Waals surface area contributed by atoms with Crippen molar-refractivity contribution in [2.45, 2.75) is 32.8 Å². The van der Waals surface area contributed by atoms with E-state index in [1.807, 2.05) is 43.9 Å². The Kier molecular flexibility index (Phi) is 3.46. The van der Waals surface area contributed by atoms with Crippen molar-refractivity contribution < 1.29 is 9.90 Å². The summed E-state index contributed by atoms with van der Waals surface area (Å²) in [4.78, 5) is 23.6. The quantitative estimate of drug-likeness (QED) is 0.857. The highest BCUT2D eigenvalue weighted by Crippen LogP contribution is 2.40. The van der Waals surface area contributed by atoms with E-state index in [4.69, 9.17) is 5.26 Å². The van der Waals surface area contributed by atoms with Gasteiger partial charge in [-0.25, -0.2) is 9.98 Å². The highest BCUT2D eigenvalue weighted by Gasteiger charge is 2.52. The number of rotatable bonds is 1. The number of aromatic nitrogens is 1. The van der Waals surface area contributed by atoms with Gasteiger partial charge in [0.1, 0.15) is 17.6 Å². The van der Waals surface area contributed by atoms with Crippen LogP contribution in [0.4, 0.5) is 11.4 Å². The van der Waals surface area contributed by atoms with Crippen LogP contribution in [0, 0.1) is 32.1 Å². The standard InChI is InChI=1S/C20H18N4O2/c1-11-7-15-16(8-12(11)2)23-19-20(26,18(15)25)4-5-24(19)14-6-13(3)17(9-21)22-10-14/h6-8,10,26H,4-5H2,1-3H3/t20-/m1/s1. The Morgan fingerprint density at radius 1 is 1.19 bits per heavy atom. The molecule has 0 amide bonds. The Morgan fingerprint density at radius 2 is 1.92 bits per heavy atom. The summed E-state index contributed by atoms with van der Waals surface area (Å²) in [5.74, 6) is 0.0330. The summed E-state index contributed by atoms with van der Waals surface area (Å²) in [6.45, 7) is 6.19. The molecule has 6 heteroatoms. The van der Waals surface area contributed by atoms with Crippen LogP contribution in [0.1, 0.15) is 39.2 Å². The number of aryl methyl sites for hydroxylation is 3. The van der Waals surface area contributed by atoms with Gasteiger partial charge in [0.2, 0.25) is 5.78 Å². The molecule has 0 saturated carbocycles. The Labute approximate surface area is 151 Å². The molecular formula is C20H18N4O2. The predicted molar refractivity (Wildman–Crippen MR) is 97.9 cm³/mol. The molecule has 130 valence electrons. The third kappa shape index (κ3) is 2.18. The highest BCUT2D eigenvalue weighted by atomic mass is 16.3. The van der Waals surface area contributed by atoms with Crippen LogP contribution in [0.3, 0.4) is 0 Å². The molecule has 0 unspecified atom stereocenters. The number of ketones is 1. The molecule has 1 aromatic heterocycles. The van der Waals surface area contributed by atoms with Gasteiger partial charge < -0.3 is 10.0 Å². The number of nitrogens with zero attached hydrogens (tertiary/aromatic N) is 4. The maximum absolute atomic E-state index is 13.0. The maximum Gasteiger partial charge on any atom is 0.204 e. The minimum absolute atomic E-state index is 0.274. The number of fused-ring (bicyclic) bond motifs is 2. The summed E-state index contributed by atoms with van der Waals surface area (Å²) < 4.78 is 0. The van der Waals surface area contributed by atoms with Gasteiger partial charge in [-0.05, 0) is 55.7 Å². The summed E-state index contributed by atoms with van der Waals surface area (Å²) in [6, 6.07) is 7.57. The fourth-order valence-electron chi connectivity index (χ4n) is 3.57. The zero-order chi connectivity index (χ0) is 18.6. The summed E-state index contributed by atoms with van der Waals surface area (Å²) in [5, 5.41) is 20.2. The molecule has 2 aliphatic heterocycles. The normalized spacial score (nSPS) is 21.1. The van der Waals surface area contributed by atoms with E-state index in [0.29, 0.717) is 29.3 Å². The number of hydrogen-bond acceptors (Lipinski definition) is 6. The van der Waals surface area contributed by atoms with Crippen LogP contribution in [0.15, 0.2) is 29.4 Å². The van der Waals surface area contributed by atoms with Crippen molar-refractivity contribution in [3.8, 4) is 6.07 Å². The molecule has 4 rings (SSSR count). The van der Waals surface area contributed by atoms with E-state index in [0.717, 1.165) is 22.4 Å². The van der Waals surface area contributed by atoms with Gasteiger partial charge in [-0.1, -0.05) is 0 Å². The van der Waals surface area contributed by atoms with Crippen LogP contribution >= 0.6 is 0 Å². The zero-order valence-electron chi connectivity index (χ0n) is 14.9. The second kappa shape index (κ2) is 5.48. The number of Topliss-reactive ketones (excluding diaryl/α,β-unsaturated/α-hetero) is 1. The fraction of sp³-hybridized carbons (Fsp3) is 0.300. The third-order valence-electron chi connectivity index (χ3n) is 5.26. The van der Waals surface area contributed by atoms with Gasteiger partial charge >= 0.3 is 0 Å². The van der Waals surface area contributed by atoms with E-state index in [9.17, 15) is 9.90 Å². The van der Waals surface area contributed by atoms with Crippen molar-refractivity contribution in [2.24, 2.45) is 4.99 Å². The summed E-state index contributed by atoms with van der Waals surface area (Å²) in [6.07, 6.45) is 1.86. The van der Waals surface area contributed by atoms with Crippen molar-refractivity contribution in [3.63, 3.8) is 0 Å². The number of nitriles is 1. The fourth-order valence-corrected chi connectivity index (χ4v) is 3.57. The first-order valence-electron chi connectivity index (χ1n) is 8.47. The highest BCUT2D eigenvalue weighted by molar-refractivity contribution is 6.28. The maximum atomic E-state index is 13.0. The van der Waals surface area contributed by atoms with E-state index in [1.165, 1.54) is 0 Å². The molecule has 1 N–H and O–H groups in total. The van der Waals surface area contributed by atoms with Gasteiger partial charge in [-0.15, -0.1) is 0 Å². The smallest absolute Gasteiger partial charge is 0.204 e. The van der Waals surface area contributed by atoms with Crippen LogP contribution in [0.2, 0.25) is 0 Å². The van der Waals surface area contributed by atoms with Crippen LogP contribution in [0.25, 0.3) is 0 Å². The molecule has 1 aromatic carbocycles. The Morgan fingerprint density at radius 3 is 2.62 bits per heavy atom. The Bertz CT molecular complexity index is 1030. The van der Waals surface area contributed by atoms with Gasteiger partial charge in [0, 0.05) is 18.5 Å². The van der Waals surface area contributed by atoms with Crippen molar-refractivity contribution in [1.82, 2.24) is 4.98 Å². The lowest BCUT2D eigenvalue weighted by Gasteiger charge is -2.30. The monoisotopic (exact) mass is 346 g/mol. The third-order valence-corrected chi connectivity index (χ3v) is 5.26. The van der Waals surface area contributed by atoms with E-state index < -0.39 is 5.60 Å². The number of anilines is 1. The second-order valence-corrected chi connectivity index (χ2v) is 6.95. The van der Waals surface area contributed by atoms with Crippen LogP contribution in [0.5, 0.6) is 0 Å². The van der Waals surface area contributed by atoms with E-state index >= 15 is 0 Å². The SMILES string of the molecule is Cc1cc2c(cc1C)C(=O)[C@]1(O)CCN(c3cnc(C#N)c(C)c3)C1=N2. The first kappa shape index (κ1) is 16.4. The second-order valence-electron chi connectivity index (χ2n) is 6.95. The molecule has 2 aliphatic rings. The molecule has 1 saturated heterocycles. The molecule has 6 nitrogen and oxygen atoms in total. The van der Waals surface area contributed by atoms with Gasteiger partial charge in [0.15, 0.2) is 5.60 Å². The molecule has 2 aromatic rings. The molecule has 1 fully saturated rings. The average molecular weight is 346 g/mol. The number of aliphatic hydroxyl groups is 1. The number of pyridine rings is 1. The van der Waals surface area contributed by atoms with Gasteiger partial charge in [0.25, 0.3) is 0 Å². The van der Waals surface area contributed by atoms with Gasteiger partial charge in [0.05, 0.1) is 17.6 Å². The van der Waals surface area contributed by atoms with Crippen LogP contribution < -0.4 is 4.90 Å².